The molecule has 1 amide bonds. The standard InChI is InChI=1S/C23H21N3O2S/c1-14-9-10-19-21(11-14)29-23(24-19)25-22(28)13-26-15(2)18(16(3)27)12-20(26)17-7-5-4-6-8-17/h4-12H,13H2,1-3H3,(H,24,25,28). The molecule has 2 aromatic heterocycles. The van der Waals surface area contributed by atoms with Crippen LogP contribution in [0.3, 0.4) is 0 Å². The van der Waals surface area contributed by atoms with Gasteiger partial charge in [-0.2, -0.15) is 0 Å². The third-order valence-corrected chi connectivity index (χ3v) is 5.84. The van der Waals surface area contributed by atoms with Crippen molar-refractivity contribution < 1.29 is 9.59 Å². The lowest BCUT2D eigenvalue weighted by atomic mass is 10.1. The van der Waals surface area contributed by atoms with E-state index in [9.17, 15) is 9.59 Å². The summed E-state index contributed by atoms with van der Waals surface area (Å²) in [6, 6.07) is 17.7. The molecule has 0 radical (unpaired) electrons. The molecule has 6 heteroatoms. The molecule has 0 atom stereocenters. The van der Waals surface area contributed by atoms with Gasteiger partial charge in [0, 0.05) is 17.0 Å². The number of aryl methyl sites for hydroxylation is 1. The Balaban J connectivity index is 1.63. The number of fused-ring (bicyclic) bond motifs is 1. The number of hydrogen-bond donors (Lipinski definition) is 1. The van der Waals surface area contributed by atoms with Crippen molar-refractivity contribution >= 4 is 38.4 Å². The molecule has 0 aliphatic carbocycles. The first-order valence-corrected chi connectivity index (χ1v) is 10.2. The van der Waals surface area contributed by atoms with E-state index in [0.29, 0.717) is 10.7 Å². The minimum Gasteiger partial charge on any atom is -0.335 e. The van der Waals surface area contributed by atoms with E-state index in [1.165, 1.54) is 11.3 Å². The first-order valence-electron chi connectivity index (χ1n) is 9.36. The summed E-state index contributed by atoms with van der Waals surface area (Å²) in [6.07, 6.45) is 0. The summed E-state index contributed by atoms with van der Waals surface area (Å²) in [5.74, 6) is -0.188. The van der Waals surface area contributed by atoms with E-state index in [4.69, 9.17) is 0 Å². The molecule has 0 unspecified atom stereocenters. The molecule has 0 saturated carbocycles. The molecule has 0 aliphatic rings. The SMILES string of the molecule is CC(=O)c1cc(-c2ccccc2)n(CC(=O)Nc2nc3ccc(C)cc3s2)c1C. The van der Waals surface area contributed by atoms with E-state index in [1.54, 1.807) is 6.92 Å². The van der Waals surface area contributed by atoms with Gasteiger partial charge in [-0.25, -0.2) is 4.98 Å². The largest absolute Gasteiger partial charge is 0.335 e. The summed E-state index contributed by atoms with van der Waals surface area (Å²) < 4.78 is 2.93. The quantitative estimate of drug-likeness (QED) is 0.465. The summed E-state index contributed by atoms with van der Waals surface area (Å²) in [5.41, 5.74) is 5.26. The van der Waals surface area contributed by atoms with E-state index in [2.05, 4.69) is 16.4 Å². The van der Waals surface area contributed by atoms with Crippen molar-refractivity contribution in [1.82, 2.24) is 9.55 Å². The highest BCUT2D eigenvalue weighted by atomic mass is 32.1. The van der Waals surface area contributed by atoms with Crippen LogP contribution >= 0.6 is 11.3 Å². The van der Waals surface area contributed by atoms with Crippen molar-refractivity contribution in [3.63, 3.8) is 0 Å². The normalized spacial score (nSPS) is 11.0. The number of ketones is 1. The van der Waals surface area contributed by atoms with Crippen molar-refractivity contribution in [2.75, 3.05) is 5.32 Å². The van der Waals surface area contributed by atoms with Crippen molar-refractivity contribution in [1.29, 1.82) is 0 Å². The van der Waals surface area contributed by atoms with Gasteiger partial charge in [0.25, 0.3) is 0 Å². The van der Waals surface area contributed by atoms with E-state index < -0.39 is 0 Å². The molecule has 0 bridgehead atoms. The number of amides is 1. The highest BCUT2D eigenvalue weighted by Gasteiger charge is 2.18. The number of benzene rings is 2. The Kier molecular flexibility index (Phi) is 5.03. The molecule has 0 aliphatic heterocycles. The molecule has 0 saturated heterocycles. The monoisotopic (exact) mass is 403 g/mol. The number of nitrogens with one attached hydrogen (secondary N) is 1. The second-order valence-corrected chi connectivity index (χ2v) is 8.11. The van der Waals surface area contributed by atoms with Crippen LogP contribution in [-0.2, 0) is 11.3 Å². The van der Waals surface area contributed by atoms with E-state index in [1.807, 2.05) is 66.9 Å². The number of Topliss-reactive ketones (excluding diaryl/α,β-unsaturated/α-hetero) is 1. The maximum absolute atomic E-state index is 12.8. The third kappa shape index (κ3) is 3.84. The summed E-state index contributed by atoms with van der Waals surface area (Å²) in [4.78, 5) is 29.3. The van der Waals surface area contributed by atoms with Crippen molar-refractivity contribution in [3.8, 4) is 11.3 Å². The zero-order valence-corrected chi connectivity index (χ0v) is 17.3. The molecular formula is C23H21N3O2S. The van der Waals surface area contributed by atoms with Gasteiger partial charge >= 0.3 is 0 Å². The lowest BCUT2D eigenvalue weighted by molar-refractivity contribution is -0.116. The second-order valence-electron chi connectivity index (χ2n) is 7.08. The lowest BCUT2D eigenvalue weighted by Gasteiger charge is -2.11. The Morgan fingerprint density at radius 3 is 2.55 bits per heavy atom. The van der Waals surface area contributed by atoms with Crippen LogP contribution in [0.25, 0.3) is 21.5 Å². The maximum atomic E-state index is 12.8. The number of carbonyl (C=O) groups excluding carboxylic acids is 2. The molecule has 4 aromatic rings. The number of hydrogen-bond acceptors (Lipinski definition) is 4. The molecule has 29 heavy (non-hydrogen) atoms. The van der Waals surface area contributed by atoms with E-state index >= 15 is 0 Å². The number of anilines is 1. The van der Waals surface area contributed by atoms with Crippen LogP contribution in [0.5, 0.6) is 0 Å². The first kappa shape index (κ1) is 19.1. The number of aromatic nitrogens is 2. The summed E-state index contributed by atoms with van der Waals surface area (Å²) in [7, 11) is 0. The molecule has 5 nitrogen and oxygen atoms in total. The molecule has 4 rings (SSSR count). The van der Waals surface area contributed by atoms with Crippen molar-refractivity contribution in [3.05, 3.63) is 71.4 Å². The zero-order valence-electron chi connectivity index (χ0n) is 16.5. The van der Waals surface area contributed by atoms with Gasteiger partial charge in [-0.3, -0.25) is 9.59 Å². The van der Waals surface area contributed by atoms with Crippen LogP contribution in [0.1, 0.15) is 28.5 Å². The van der Waals surface area contributed by atoms with Gasteiger partial charge in [-0.05, 0) is 50.1 Å². The van der Waals surface area contributed by atoms with Crippen molar-refractivity contribution in [2.45, 2.75) is 27.3 Å². The molecule has 0 fully saturated rings. The fourth-order valence-electron chi connectivity index (χ4n) is 3.44. The Bertz CT molecular complexity index is 1220. The van der Waals surface area contributed by atoms with Gasteiger partial charge in [0.15, 0.2) is 10.9 Å². The minimum atomic E-state index is -0.174. The van der Waals surface area contributed by atoms with Gasteiger partial charge in [0.05, 0.1) is 10.2 Å². The zero-order chi connectivity index (χ0) is 20.5. The highest BCUT2D eigenvalue weighted by Crippen LogP contribution is 2.28. The first-order chi connectivity index (χ1) is 13.9. The maximum Gasteiger partial charge on any atom is 0.246 e. The van der Waals surface area contributed by atoms with Crippen LogP contribution in [-0.4, -0.2) is 21.2 Å². The van der Waals surface area contributed by atoms with Crippen molar-refractivity contribution in [2.24, 2.45) is 0 Å². The van der Waals surface area contributed by atoms with Crippen LogP contribution in [0.2, 0.25) is 0 Å². The van der Waals surface area contributed by atoms with Gasteiger partial charge in [0.2, 0.25) is 5.91 Å². The lowest BCUT2D eigenvalue weighted by Crippen LogP contribution is -2.20. The van der Waals surface area contributed by atoms with E-state index in [-0.39, 0.29) is 18.2 Å². The Morgan fingerprint density at radius 1 is 1.07 bits per heavy atom. The Labute approximate surface area is 173 Å². The predicted octanol–water partition coefficient (Wildman–Crippen LogP) is 5.22. The minimum absolute atomic E-state index is 0.0135. The second kappa shape index (κ2) is 7.64. The number of nitrogens with zero attached hydrogens (tertiary/aromatic N) is 2. The van der Waals surface area contributed by atoms with Crippen LogP contribution in [0, 0.1) is 13.8 Å². The number of thiazole rings is 1. The third-order valence-electron chi connectivity index (χ3n) is 4.91. The topological polar surface area (TPSA) is 64.0 Å². The van der Waals surface area contributed by atoms with Crippen LogP contribution in [0.4, 0.5) is 5.13 Å². The fraction of sp³-hybridized carbons (Fsp3) is 0.174. The molecular weight excluding hydrogens is 382 g/mol. The fourth-order valence-corrected chi connectivity index (χ4v) is 4.42. The Hall–Kier alpha value is -3.25. The highest BCUT2D eigenvalue weighted by molar-refractivity contribution is 7.22. The van der Waals surface area contributed by atoms with Gasteiger partial charge < -0.3 is 9.88 Å². The van der Waals surface area contributed by atoms with Crippen LogP contribution in [0.15, 0.2) is 54.6 Å². The van der Waals surface area contributed by atoms with Crippen LogP contribution < -0.4 is 5.32 Å². The number of carbonyl (C=O) groups is 2. The predicted molar refractivity (Wildman–Crippen MR) is 118 cm³/mol. The van der Waals surface area contributed by atoms with Gasteiger partial charge in [-0.1, -0.05) is 47.7 Å². The summed E-state index contributed by atoms with van der Waals surface area (Å²) >= 11 is 1.46. The van der Waals surface area contributed by atoms with Gasteiger partial charge in [0.1, 0.15) is 6.54 Å². The molecule has 2 aromatic carbocycles. The van der Waals surface area contributed by atoms with Gasteiger partial charge in [-0.15, -0.1) is 0 Å². The summed E-state index contributed by atoms with van der Waals surface area (Å²) in [6.45, 7) is 5.56. The average Bonchev–Trinajstić information content (AvgIpc) is 3.23. The molecule has 1 N–H and O–H groups in total. The molecule has 0 spiro atoms. The average molecular weight is 404 g/mol. The molecule has 2 heterocycles. The number of rotatable bonds is 5. The summed E-state index contributed by atoms with van der Waals surface area (Å²) in [5, 5.41) is 3.48. The Morgan fingerprint density at radius 2 is 1.83 bits per heavy atom. The van der Waals surface area contributed by atoms with E-state index in [0.717, 1.165) is 32.7 Å². The smallest absolute Gasteiger partial charge is 0.246 e. The molecule has 146 valence electrons.